The van der Waals surface area contributed by atoms with Crippen LogP contribution in [0.4, 0.5) is 0 Å². The van der Waals surface area contributed by atoms with Gasteiger partial charge in [-0.1, -0.05) is 35.5 Å². The Morgan fingerprint density at radius 3 is 2.78 bits per heavy atom. The summed E-state index contributed by atoms with van der Waals surface area (Å²) >= 11 is 0. The van der Waals surface area contributed by atoms with Gasteiger partial charge in [0, 0.05) is 13.7 Å². The van der Waals surface area contributed by atoms with Crippen LogP contribution in [0.25, 0.3) is 0 Å². The molecule has 8 heteroatoms. The maximum absolute atomic E-state index is 11.8. The molecule has 2 aromatic rings. The van der Waals surface area contributed by atoms with Crippen LogP contribution in [0.3, 0.4) is 0 Å². The molecular formula is C15H18N4O4. The van der Waals surface area contributed by atoms with Gasteiger partial charge in [0.2, 0.25) is 0 Å². The predicted molar refractivity (Wildman–Crippen MR) is 80.7 cm³/mol. The standard InChI is InChI=1S/C15H18N4O4/c1-22-8-7-16-14(20)11-23-15(21)13-10-19(18-17-13)9-12-5-3-2-4-6-12/h2-6,10H,7-9,11H2,1H3,(H,16,20). The van der Waals surface area contributed by atoms with E-state index in [4.69, 9.17) is 9.47 Å². The monoisotopic (exact) mass is 318 g/mol. The van der Waals surface area contributed by atoms with Crippen LogP contribution < -0.4 is 5.32 Å². The van der Waals surface area contributed by atoms with E-state index in [1.54, 1.807) is 0 Å². The van der Waals surface area contributed by atoms with Crippen molar-refractivity contribution in [2.75, 3.05) is 26.9 Å². The van der Waals surface area contributed by atoms with Crippen LogP contribution in [0.15, 0.2) is 36.5 Å². The largest absolute Gasteiger partial charge is 0.451 e. The van der Waals surface area contributed by atoms with Crippen molar-refractivity contribution in [3.63, 3.8) is 0 Å². The number of hydrogen-bond donors (Lipinski definition) is 1. The van der Waals surface area contributed by atoms with Gasteiger partial charge in [-0.2, -0.15) is 0 Å². The fourth-order valence-electron chi connectivity index (χ4n) is 1.79. The number of methoxy groups -OCH3 is 1. The lowest BCUT2D eigenvalue weighted by Crippen LogP contribution is -2.31. The number of nitrogens with zero attached hydrogens (tertiary/aromatic N) is 3. The lowest BCUT2D eigenvalue weighted by atomic mass is 10.2. The Labute approximate surface area is 133 Å². The molecular weight excluding hydrogens is 300 g/mol. The third-order valence-electron chi connectivity index (χ3n) is 2.90. The van der Waals surface area contributed by atoms with Crippen molar-refractivity contribution in [3.8, 4) is 0 Å². The molecule has 0 spiro atoms. The molecule has 2 rings (SSSR count). The molecule has 1 heterocycles. The third kappa shape index (κ3) is 5.51. The molecule has 0 aliphatic rings. The molecule has 0 bridgehead atoms. The number of carbonyl (C=O) groups excluding carboxylic acids is 2. The van der Waals surface area contributed by atoms with Crippen LogP contribution in [0.1, 0.15) is 16.1 Å². The van der Waals surface area contributed by atoms with E-state index in [0.717, 1.165) is 5.56 Å². The molecule has 0 unspecified atom stereocenters. The van der Waals surface area contributed by atoms with Crippen LogP contribution in [0.2, 0.25) is 0 Å². The second-order valence-corrected chi connectivity index (χ2v) is 4.71. The molecule has 23 heavy (non-hydrogen) atoms. The Kier molecular flexibility index (Phi) is 6.25. The summed E-state index contributed by atoms with van der Waals surface area (Å²) in [6.45, 7) is 0.889. The van der Waals surface area contributed by atoms with Gasteiger partial charge in [-0.15, -0.1) is 5.10 Å². The van der Waals surface area contributed by atoms with Crippen LogP contribution in [0, 0.1) is 0 Å². The Morgan fingerprint density at radius 1 is 1.26 bits per heavy atom. The number of aromatic nitrogens is 3. The summed E-state index contributed by atoms with van der Waals surface area (Å²) in [7, 11) is 1.53. The lowest BCUT2D eigenvalue weighted by Gasteiger charge is -2.04. The Hall–Kier alpha value is -2.74. The van der Waals surface area contributed by atoms with Gasteiger partial charge in [0.25, 0.3) is 5.91 Å². The van der Waals surface area contributed by atoms with E-state index in [-0.39, 0.29) is 12.3 Å². The number of hydrogen-bond acceptors (Lipinski definition) is 6. The van der Waals surface area contributed by atoms with E-state index in [9.17, 15) is 9.59 Å². The Bertz CT molecular complexity index is 642. The van der Waals surface area contributed by atoms with Gasteiger partial charge in [0.15, 0.2) is 12.3 Å². The van der Waals surface area contributed by atoms with E-state index < -0.39 is 11.9 Å². The van der Waals surface area contributed by atoms with Crippen molar-refractivity contribution in [2.24, 2.45) is 0 Å². The first-order chi connectivity index (χ1) is 11.2. The molecule has 0 aliphatic carbocycles. The highest BCUT2D eigenvalue weighted by Crippen LogP contribution is 2.03. The van der Waals surface area contributed by atoms with E-state index >= 15 is 0 Å². The molecule has 0 atom stereocenters. The molecule has 1 amide bonds. The summed E-state index contributed by atoms with van der Waals surface area (Å²) in [5, 5.41) is 10.2. The van der Waals surface area contributed by atoms with Gasteiger partial charge < -0.3 is 14.8 Å². The third-order valence-corrected chi connectivity index (χ3v) is 2.90. The average Bonchev–Trinajstić information content (AvgIpc) is 3.02. The Balaban J connectivity index is 1.80. The van der Waals surface area contributed by atoms with Crippen molar-refractivity contribution in [1.29, 1.82) is 0 Å². The van der Waals surface area contributed by atoms with Crippen LogP contribution in [0.5, 0.6) is 0 Å². The number of carbonyl (C=O) groups is 2. The maximum atomic E-state index is 11.8. The highest BCUT2D eigenvalue weighted by Gasteiger charge is 2.14. The first-order valence-corrected chi connectivity index (χ1v) is 7.06. The molecule has 1 aromatic carbocycles. The number of esters is 1. The summed E-state index contributed by atoms with van der Waals surface area (Å²) in [4.78, 5) is 23.2. The van der Waals surface area contributed by atoms with Crippen molar-refractivity contribution < 1.29 is 19.1 Å². The minimum Gasteiger partial charge on any atom is -0.451 e. The van der Waals surface area contributed by atoms with E-state index in [0.29, 0.717) is 19.7 Å². The molecule has 122 valence electrons. The minimum absolute atomic E-state index is 0.0608. The smallest absolute Gasteiger partial charge is 0.361 e. The molecule has 0 fully saturated rings. The van der Waals surface area contributed by atoms with E-state index in [1.807, 2.05) is 30.3 Å². The van der Waals surface area contributed by atoms with Gasteiger partial charge in [-0.3, -0.25) is 4.79 Å². The van der Waals surface area contributed by atoms with Crippen molar-refractivity contribution in [3.05, 3.63) is 47.8 Å². The number of benzene rings is 1. The van der Waals surface area contributed by atoms with Gasteiger partial charge >= 0.3 is 5.97 Å². The summed E-state index contributed by atoms with van der Waals surface area (Å²) in [5.41, 5.74) is 1.10. The molecule has 1 aromatic heterocycles. The number of nitrogens with one attached hydrogen (secondary N) is 1. The highest BCUT2D eigenvalue weighted by molar-refractivity contribution is 5.89. The summed E-state index contributed by atoms with van der Waals surface area (Å²) in [5.74, 6) is -1.08. The summed E-state index contributed by atoms with van der Waals surface area (Å²) in [6, 6.07) is 9.66. The number of amides is 1. The van der Waals surface area contributed by atoms with Gasteiger partial charge in [-0.25, -0.2) is 9.48 Å². The van der Waals surface area contributed by atoms with Crippen LogP contribution in [-0.2, 0) is 20.8 Å². The molecule has 0 saturated carbocycles. The van der Waals surface area contributed by atoms with Gasteiger partial charge in [-0.05, 0) is 5.56 Å². The fourth-order valence-corrected chi connectivity index (χ4v) is 1.79. The normalized spacial score (nSPS) is 10.3. The maximum Gasteiger partial charge on any atom is 0.361 e. The molecule has 8 nitrogen and oxygen atoms in total. The lowest BCUT2D eigenvalue weighted by molar-refractivity contribution is -0.124. The van der Waals surface area contributed by atoms with Crippen molar-refractivity contribution in [1.82, 2.24) is 20.3 Å². The molecule has 0 radical (unpaired) electrons. The average molecular weight is 318 g/mol. The zero-order valence-corrected chi connectivity index (χ0v) is 12.8. The highest BCUT2D eigenvalue weighted by atomic mass is 16.5. The van der Waals surface area contributed by atoms with Crippen molar-refractivity contribution >= 4 is 11.9 Å². The van der Waals surface area contributed by atoms with Crippen molar-refractivity contribution in [2.45, 2.75) is 6.54 Å². The van der Waals surface area contributed by atoms with Gasteiger partial charge in [0.1, 0.15) is 0 Å². The van der Waals surface area contributed by atoms with Crippen LogP contribution in [-0.4, -0.2) is 53.7 Å². The zero-order valence-electron chi connectivity index (χ0n) is 12.8. The summed E-state index contributed by atoms with van der Waals surface area (Å²) in [6.07, 6.45) is 1.48. The predicted octanol–water partition coefficient (Wildman–Crippen LogP) is 0.246. The second-order valence-electron chi connectivity index (χ2n) is 4.71. The molecule has 0 aliphatic heterocycles. The first kappa shape index (κ1) is 16.6. The minimum atomic E-state index is -0.689. The van der Waals surface area contributed by atoms with E-state index in [1.165, 1.54) is 18.0 Å². The molecule has 1 N–H and O–H groups in total. The first-order valence-electron chi connectivity index (χ1n) is 7.06. The Morgan fingerprint density at radius 2 is 2.04 bits per heavy atom. The topological polar surface area (TPSA) is 95.3 Å². The second kappa shape index (κ2) is 8.64. The SMILES string of the molecule is COCCNC(=O)COC(=O)c1cn(Cc2ccccc2)nn1. The number of ether oxygens (including phenoxy) is 2. The summed E-state index contributed by atoms with van der Waals surface area (Å²) < 4.78 is 11.2. The van der Waals surface area contributed by atoms with Gasteiger partial charge in [0.05, 0.1) is 19.3 Å². The van der Waals surface area contributed by atoms with E-state index in [2.05, 4.69) is 15.6 Å². The zero-order chi connectivity index (χ0) is 16.5. The quantitative estimate of drug-likeness (QED) is 0.553. The fraction of sp³-hybridized carbons (Fsp3) is 0.333. The number of rotatable bonds is 8. The molecule has 0 saturated heterocycles. The van der Waals surface area contributed by atoms with Crippen LogP contribution >= 0.6 is 0 Å².